The number of amides is 1. The summed E-state index contributed by atoms with van der Waals surface area (Å²) in [5.41, 5.74) is 1.66. The molecule has 5 heteroatoms. The number of anilines is 1. The lowest BCUT2D eigenvalue weighted by Gasteiger charge is -2.40. The second kappa shape index (κ2) is 7.06. The monoisotopic (exact) mass is 353 g/mol. The SMILES string of the molecule is O=C(N1CCN(c2ccncc2)CC1)C1(c2ccc(F)cc2)CCCC1. The van der Waals surface area contributed by atoms with Gasteiger partial charge >= 0.3 is 0 Å². The van der Waals surface area contributed by atoms with Gasteiger partial charge in [-0.25, -0.2) is 4.39 Å². The Balaban J connectivity index is 1.50. The molecule has 26 heavy (non-hydrogen) atoms. The second-order valence-corrected chi connectivity index (χ2v) is 7.28. The first kappa shape index (κ1) is 17.0. The first-order chi connectivity index (χ1) is 12.7. The highest BCUT2D eigenvalue weighted by molar-refractivity contribution is 5.89. The summed E-state index contributed by atoms with van der Waals surface area (Å²) < 4.78 is 13.4. The van der Waals surface area contributed by atoms with E-state index in [2.05, 4.69) is 9.88 Å². The maximum Gasteiger partial charge on any atom is 0.233 e. The van der Waals surface area contributed by atoms with E-state index in [-0.39, 0.29) is 11.7 Å². The number of rotatable bonds is 3. The van der Waals surface area contributed by atoms with Crippen molar-refractivity contribution in [1.82, 2.24) is 9.88 Å². The molecule has 0 unspecified atom stereocenters. The maximum atomic E-state index is 13.5. The van der Waals surface area contributed by atoms with E-state index in [1.165, 1.54) is 12.1 Å². The van der Waals surface area contributed by atoms with E-state index < -0.39 is 5.41 Å². The van der Waals surface area contributed by atoms with Crippen molar-refractivity contribution in [1.29, 1.82) is 0 Å². The van der Waals surface area contributed by atoms with Crippen molar-refractivity contribution < 1.29 is 9.18 Å². The van der Waals surface area contributed by atoms with Crippen molar-refractivity contribution in [2.75, 3.05) is 31.1 Å². The number of benzene rings is 1. The number of hydrogen-bond acceptors (Lipinski definition) is 3. The smallest absolute Gasteiger partial charge is 0.233 e. The molecule has 0 spiro atoms. The van der Waals surface area contributed by atoms with Crippen LogP contribution in [-0.2, 0) is 10.2 Å². The number of carbonyl (C=O) groups is 1. The van der Waals surface area contributed by atoms with Gasteiger partial charge in [0.05, 0.1) is 5.41 Å². The van der Waals surface area contributed by atoms with E-state index in [1.807, 2.05) is 17.0 Å². The third-order valence-electron chi connectivity index (χ3n) is 5.86. The van der Waals surface area contributed by atoms with Crippen molar-refractivity contribution in [3.8, 4) is 0 Å². The van der Waals surface area contributed by atoms with Gasteiger partial charge in [0.25, 0.3) is 0 Å². The van der Waals surface area contributed by atoms with E-state index in [4.69, 9.17) is 0 Å². The standard InChI is InChI=1S/C21H24FN3O/c22-18-5-3-17(4-6-18)21(9-1-2-10-21)20(26)25-15-13-24(14-16-25)19-7-11-23-12-8-19/h3-8,11-12H,1-2,9-10,13-16H2. The topological polar surface area (TPSA) is 36.4 Å². The number of nitrogens with zero attached hydrogens (tertiary/aromatic N) is 3. The number of hydrogen-bond donors (Lipinski definition) is 0. The third kappa shape index (κ3) is 3.06. The normalized spacial score (nSPS) is 19.6. The molecule has 1 aromatic carbocycles. The summed E-state index contributed by atoms with van der Waals surface area (Å²) in [4.78, 5) is 21.8. The fourth-order valence-corrected chi connectivity index (χ4v) is 4.40. The van der Waals surface area contributed by atoms with Gasteiger partial charge in [-0.2, -0.15) is 0 Å². The van der Waals surface area contributed by atoms with Gasteiger partial charge in [-0.3, -0.25) is 9.78 Å². The van der Waals surface area contributed by atoms with Crippen molar-refractivity contribution in [2.24, 2.45) is 0 Å². The molecule has 1 saturated heterocycles. The van der Waals surface area contributed by atoms with Gasteiger partial charge in [-0.1, -0.05) is 25.0 Å². The molecule has 2 fully saturated rings. The highest BCUT2D eigenvalue weighted by atomic mass is 19.1. The maximum absolute atomic E-state index is 13.5. The molecule has 4 rings (SSSR count). The Hall–Kier alpha value is -2.43. The molecule has 2 aromatic rings. The highest BCUT2D eigenvalue weighted by Gasteiger charge is 2.45. The fraction of sp³-hybridized carbons (Fsp3) is 0.429. The van der Waals surface area contributed by atoms with Crippen molar-refractivity contribution in [3.05, 3.63) is 60.2 Å². The molecule has 1 aromatic heterocycles. The molecule has 1 aliphatic carbocycles. The van der Waals surface area contributed by atoms with Gasteiger partial charge in [-0.05, 0) is 42.7 Å². The lowest BCUT2D eigenvalue weighted by Crippen LogP contribution is -2.54. The van der Waals surface area contributed by atoms with Gasteiger partial charge < -0.3 is 9.80 Å². The molecule has 0 atom stereocenters. The first-order valence-electron chi connectivity index (χ1n) is 9.39. The lowest BCUT2D eigenvalue weighted by atomic mass is 9.77. The lowest BCUT2D eigenvalue weighted by molar-refractivity contribution is -0.137. The number of pyridine rings is 1. The minimum atomic E-state index is -0.466. The zero-order valence-electron chi connectivity index (χ0n) is 14.9. The Kier molecular flexibility index (Phi) is 4.62. The minimum Gasteiger partial charge on any atom is -0.368 e. The predicted molar refractivity (Wildman–Crippen MR) is 99.6 cm³/mol. The van der Waals surface area contributed by atoms with Crippen LogP contribution in [0.5, 0.6) is 0 Å². The molecule has 0 bridgehead atoms. The van der Waals surface area contributed by atoms with Crippen molar-refractivity contribution in [2.45, 2.75) is 31.1 Å². The van der Waals surface area contributed by atoms with Gasteiger partial charge in [0.15, 0.2) is 0 Å². The molecule has 1 saturated carbocycles. The van der Waals surface area contributed by atoms with Crippen LogP contribution in [0.2, 0.25) is 0 Å². The van der Waals surface area contributed by atoms with Crippen LogP contribution in [0, 0.1) is 5.82 Å². The zero-order valence-corrected chi connectivity index (χ0v) is 14.9. The summed E-state index contributed by atoms with van der Waals surface area (Å²) in [5, 5.41) is 0. The van der Waals surface area contributed by atoms with E-state index >= 15 is 0 Å². The third-order valence-corrected chi connectivity index (χ3v) is 5.86. The Morgan fingerprint density at radius 1 is 0.923 bits per heavy atom. The summed E-state index contributed by atoms with van der Waals surface area (Å²) >= 11 is 0. The van der Waals surface area contributed by atoms with Gasteiger partial charge in [0.1, 0.15) is 5.82 Å². The minimum absolute atomic E-state index is 0.219. The van der Waals surface area contributed by atoms with E-state index in [1.54, 1.807) is 24.5 Å². The van der Waals surface area contributed by atoms with Crippen LogP contribution in [-0.4, -0.2) is 42.0 Å². The molecule has 1 aliphatic heterocycles. The molecular weight excluding hydrogens is 329 g/mol. The highest BCUT2D eigenvalue weighted by Crippen LogP contribution is 2.43. The van der Waals surface area contributed by atoms with Crippen LogP contribution in [0.25, 0.3) is 0 Å². The molecule has 2 aliphatic rings. The number of carbonyl (C=O) groups excluding carboxylic acids is 1. The van der Waals surface area contributed by atoms with E-state index in [0.717, 1.165) is 63.1 Å². The van der Waals surface area contributed by atoms with Crippen molar-refractivity contribution >= 4 is 11.6 Å². The number of aromatic nitrogens is 1. The summed E-state index contributed by atoms with van der Waals surface area (Å²) in [5.74, 6) is -0.0312. The Morgan fingerprint density at radius 3 is 2.15 bits per heavy atom. The van der Waals surface area contributed by atoms with Crippen LogP contribution >= 0.6 is 0 Å². The van der Waals surface area contributed by atoms with Gasteiger partial charge in [-0.15, -0.1) is 0 Å². The van der Waals surface area contributed by atoms with Crippen LogP contribution in [0.15, 0.2) is 48.8 Å². The predicted octanol–water partition coefficient (Wildman–Crippen LogP) is 3.38. The van der Waals surface area contributed by atoms with E-state index in [9.17, 15) is 9.18 Å². The van der Waals surface area contributed by atoms with Gasteiger partial charge in [0, 0.05) is 44.3 Å². The molecular formula is C21H24FN3O. The molecule has 2 heterocycles. The summed E-state index contributed by atoms with van der Waals surface area (Å²) in [6.07, 6.45) is 7.44. The molecule has 4 nitrogen and oxygen atoms in total. The average molecular weight is 353 g/mol. The zero-order chi connectivity index (χ0) is 18.0. The first-order valence-corrected chi connectivity index (χ1v) is 9.39. The van der Waals surface area contributed by atoms with Gasteiger partial charge in [0.2, 0.25) is 5.91 Å². The largest absolute Gasteiger partial charge is 0.368 e. The quantitative estimate of drug-likeness (QED) is 0.849. The van der Waals surface area contributed by atoms with Crippen LogP contribution < -0.4 is 4.90 Å². The Labute approximate surface area is 153 Å². The van der Waals surface area contributed by atoms with E-state index in [0.29, 0.717) is 0 Å². The Bertz CT molecular complexity index is 749. The summed E-state index contributed by atoms with van der Waals surface area (Å²) in [6.45, 7) is 3.11. The average Bonchev–Trinajstić information content (AvgIpc) is 3.20. The Morgan fingerprint density at radius 2 is 1.54 bits per heavy atom. The summed E-state index contributed by atoms with van der Waals surface area (Å²) in [7, 11) is 0. The van der Waals surface area contributed by atoms with Crippen LogP contribution in [0.1, 0.15) is 31.2 Å². The number of halogens is 1. The van der Waals surface area contributed by atoms with Crippen LogP contribution in [0.4, 0.5) is 10.1 Å². The summed E-state index contributed by atoms with van der Waals surface area (Å²) in [6, 6.07) is 10.6. The molecule has 1 amide bonds. The molecule has 0 radical (unpaired) electrons. The molecule has 136 valence electrons. The fourth-order valence-electron chi connectivity index (χ4n) is 4.40. The van der Waals surface area contributed by atoms with Crippen molar-refractivity contribution in [3.63, 3.8) is 0 Å². The second-order valence-electron chi connectivity index (χ2n) is 7.28. The van der Waals surface area contributed by atoms with Crippen LogP contribution in [0.3, 0.4) is 0 Å². The number of piperazine rings is 1. The molecule has 0 N–H and O–H groups in total.